The Morgan fingerprint density at radius 1 is 0.976 bits per heavy atom. The summed E-state index contributed by atoms with van der Waals surface area (Å²) in [6.45, 7) is 6.50. The van der Waals surface area contributed by atoms with Crippen molar-refractivity contribution in [3.8, 4) is 0 Å². The third-order valence-corrected chi connectivity index (χ3v) is 8.38. The number of rotatable bonds is 5. The Kier molecular flexibility index (Phi) is 8.00. The number of nitrogens with zero attached hydrogens (tertiary/aromatic N) is 1. The van der Waals surface area contributed by atoms with E-state index in [4.69, 9.17) is 23.2 Å². The Labute approximate surface area is 250 Å². The standard InChI is InChI=1S/C33H32Cl2N2O4/c1-33(2,3)21-10-8-19(9-11-21)20-16-26-31(28(38)17-20)32(23-13-12-22(34)18-24(23)35)37(29(39)14-15-30(40)41)27-7-5-4-6-25(27)36-26/h4-13,18,20,32,36H,14-17H2,1-3H3,(H,40,41). The van der Waals surface area contributed by atoms with Crippen LogP contribution in [0.1, 0.15) is 75.1 Å². The number of para-hydroxylation sites is 2. The van der Waals surface area contributed by atoms with Gasteiger partial charge in [-0.1, -0.05) is 86.4 Å². The molecular formula is C33H32Cl2N2O4. The molecule has 0 saturated carbocycles. The van der Waals surface area contributed by atoms with E-state index in [9.17, 15) is 19.5 Å². The Bertz CT molecular complexity index is 1560. The van der Waals surface area contributed by atoms with E-state index in [-0.39, 0.29) is 36.4 Å². The topological polar surface area (TPSA) is 86.7 Å². The van der Waals surface area contributed by atoms with Gasteiger partial charge >= 0.3 is 5.97 Å². The van der Waals surface area contributed by atoms with E-state index in [2.05, 4.69) is 50.4 Å². The number of carboxylic acid groups (broad SMARTS) is 1. The van der Waals surface area contributed by atoms with Crippen LogP contribution < -0.4 is 10.2 Å². The number of nitrogens with one attached hydrogen (secondary N) is 1. The average Bonchev–Trinajstić information content (AvgIpc) is 3.06. The lowest BCUT2D eigenvalue weighted by atomic mass is 9.77. The number of aliphatic carboxylic acids is 1. The molecule has 2 aliphatic rings. The molecule has 0 fully saturated rings. The number of hydrogen-bond acceptors (Lipinski definition) is 4. The highest BCUT2D eigenvalue weighted by Crippen LogP contribution is 2.49. The molecule has 6 nitrogen and oxygen atoms in total. The minimum atomic E-state index is -1.07. The lowest BCUT2D eigenvalue weighted by Gasteiger charge is -2.35. The van der Waals surface area contributed by atoms with Crippen LogP contribution in [0, 0.1) is 0 Å². The van der Waals surface area contributed by atoms with Crippen molar-refractivity contribution in [2.24, 2.45) is 0 Å². The number of anilines is 2. The molecule has 8 heteroatoms. The van der Waals surface area contributed by atoms with Crippen LogP contribution in [0.3, 0.4) is 0 Å². The number of allylic oxidation sites excluding steroid dienone is 1. The van der Waals surface area contributed by atoms with Crippen LogP contribution >= 0.6 is 23.2 Å². The first-order valence-electron chi connectivity index (χ1n) is 13.7. The van der Waals surface area contributed by atoms with Crippen molar-refractivity contribution in [3.05, 3.63) is 105 Å². The molecule has 2 unspecified atom stereocenters. The van der Waals surface area contributed by atoms with E-state index in [0.717, 1.165) is 11.3 Å². The molecule has 3 aromatic carbocycles. The second kappa shape index (κ2) is 11.3. The molecule has 0 radical (unpaired) electrons. The van der Waals surface area contributed by atoms with Crippen molar-refractivity contribution >= 4 is 52.2 Å². The fourth-order valence-corrected chi connectivity index (χ4v) is 6.22. The van der Waals surface area contributed by atoms with Gasteiger partial charge in [-0.15, -0.1) is 0 Å². The first kappa shape index (κ1) is 28.9. The summed E-state index contributed by atoms with van der Waals surface area (Å²) in [7, 11) is 0. The van der Waals surface area contributed by atoms with Gasteiger partial charge in [0.05, 0.1) is 23.8 Å². The maximum Gasteiger partial charge on any atom is 0.303 e. The van der Waals surface area contributed by atoms with Crippen LogP contribution in [0.2, 0.25) is 10.0 Å². The highest BCUT2D eigenvalue weighted by atomic mass is 35.5. The van der Waals surface area contributed by atoms with Crippen molar-refractivity contribution in [1.29, 1.82) is 0 Å². The second-order valence-electron chi connectivity index (χ2n) is 11.7. The minimum Gasteiger partial charge on any atom is -0.481 e. The molecule has 0 bridgehead atoms. The zero-order chi connectivity index (χ0) is 29.5. The van der Waals surface area contributed by atoms with Gasteiger partial charge in [-0.05, 0) is 58.7 Å². The van der Waals surface area contributed by atoms with Crippen molar-refractivity contribution < 1.29 is 19.5 Å². The summed E-state index contributed by atoms with van der Waals surface area (Å²) in [5.41, 5.74) is 5.25. The molecular weight excluding hydrogens is 559 g/mol. The van der Waals surface area contributed by atoms with Gasteiger partial charge in [0.1, 0.15) is 0 Å². The Balaban J connectivity index is 1.66. The van der Waals surface area contributed by atoms with Gasteiger partial charge in [0.2, 0.25) is 5.91 Å². The van der Waals surface area contributed by atoms with Crippen molar-refractivity contribution in [2.75, 3.05) is 10.2 Å². The van der Waals surface area contributed by atoms with Gasteiger partial charge in [0.25, 0.3) is 0 Å². The summed E-state index contributed by atoms with van der Waals surface area (Å²) in [5, 5.41) is 13.5. The lowest BCUT2D eigenvalue weighted by Crippen LogP contribution is -2.38. The van der Waals surface area contributed by atoms with E-state index in [0.29, 0.717) is 39.0 Å². The summed E-state index contributed by atoms with van der Waals surface area (Å²) < 4.78 is 0. The van der Waals surface area contributed by atoms with Crippen molar-refractivity contribution in [2.45, 2.75) is 63.8 Å². The third kappa shape index (κ3) is 5.90. The number of amides is 1. The Hall–Kier alpha value is -3.61. The monoisotopic (exact) mass is 590 g/mol. The molecule has 41 heavy (non-hydrogen) atoms. The lowest BCUT2D eigenvalue weighted by molar-refractivity contribution is -0.138. The number of carboxylic acids is 1. The molecule has 3 aromatic rings. The Morgan fingerprint density at radius 3 is 2.34 bits per heavy atom. The number of fused-ring (bicyclic) bond motifs is 1. The molecule has 1 amide bonds. The smallest absolute Gasteiger partial charge is 0.303 e. The molecule has 1 heterocycles. The molecule has 5 rings (SSSR count). The third-order valence-electron chi connectivity index (χ3n) is 7.82. The van der Waals surface area contributed by atoms with Gasteiger partial charge in [-0.3, -0.25) is 19.3 Å². The predicted molar refractivity (Wildman–Crippen MR) is 163 cm³/mol. The molecule has 0 spiro atoms. The number of hydrogen-bond donors (Lipinski definition) is 2. The van der Waals surface area contributed by atoms with E-state index >= 15 is 0 Å². The molecule has 1 aliphatic carbocycles. The molecule has 1 aliphatic heterocycles. The largest absolute Gasteiger partial charge is 0.481 e. The molecule has 0 aromatic heterocycles. The van der Waals surface area contributed by atoms with E-state index < -0.39 is 17.9 Å². The van der Waals surface area contributed by atoms with Gasteiger partial charge in [-0.2, -0.15) is 0 Å². The van der Waals surface area contributed by atoms with Crippen LogP contribution in [-0.2, 0) is 19.8 Å². The first-order chi connectivity index (χ1) is 19.4. The van der Waals surface area contributed by atoms with E-state index in [1.165, 1.54) is 10.5 Å². The van der Waals surface area contributed by atoms with Crippen molar-refractivity contribution in [1.82, 2.24) is 0 Å². The quantitative estimate of drug-likeness (QED) is 0.314. The van der Waals surface area contributed by atoms with E-state index in [1.54, 1.807) is 24.3 Å². The predicted octanol–water partition coefficient (Wildman–Crippen LogP) is 8.06. The Morgan fingerprint density at radius 2 is 1.68 bits per heavy atom. The molecule has 212 valence electrons. The number of carbonyl (C=O) groups is 3. The summed E-state index contributed by atoms with van der Waals surface area (Å²) in [5.74, 6) is -1.64. The normalized spacial score (nSPS) is 18.8. The van der Waals surface area contributed by atoms with Crippen molar-refractivity contribution in [3.63, 3.8) is 0 Å². The number of benzene rings is 3. The summed E-state index contributed by atoms with van der Waals surface area (Å²) in [6, 6.07) is 19.9. The number of Topliss-reactive ketones (excluding diaryl/α,β-unsaturated/α-hetero) is 1. The number of halogens is 2. The van der Waals surface area contributed by atoms with E-state index in [1.807, 2.05) is 18.2 Å². The molecule has 2 N–H and O–H groups in total. The van der Waals surface area contributed by atoms with Gasteiger partial charge in [-0.25, -0.2) is 0 Å². The van der Waals surface area contributed by atoms with Crippen LogP contribution in [0.4, 0.5) is 11.4 Å². The van der Waals surface area contributed by atoms with Gasteiger partial charge < -0.3 is 10.4 Å². The maximum atomic E-state index is 14.1. The highest BCUT2D eigenvalue weighted by Gasteiger charge is 2.42. The SMILES string of the molecule is CC(C)(C)c1ccc(C2CC(=O)C3=C(C2)Nc2ccccc2N(C(=O)CCC(=O)O)C3c2ccc(Cl)cc2Cl)cc1. The number of carbonyl (C=O) groups excluding carboxylic acids is 2. The molecule has 0 saturated heterocycles. The zero-order valence-electron chi connectivity index (χ0n) is 23.2. The zero-order valence-corrected chi connectivity index (χ0v) is 24.7. The fraction of sp³-hybridized carbons (Fsp3) is 0.303. The van der Waals surface area contributed by atoms with Crippen LogP contribution in [-0.4, -0.2) is 22.8 Å². The van der Waals surface area contributed by atoms with Crippen LogP contribution in [0.15, 0.2) is 78.0 Å². The number of ketones is 1. The summed E-state index contributed by atoms with van der Waals surface area (Å²) in [4.78, 5) is 40.8. The maximum absolute atomic E-state index is 14.1. The van der Waals surface area contributed by atoms with Gasteiger partial charge in [0.15, 0.2) is 5.78 Å². The minimum absolute atomic E-state index is 0.0187. The fourth-order valence-electron chi connectivity index (χ4n) is 5.71. The average molecular weight is 592 g/mol. The van der Waals surface area contributed by atoms with Crippen LogP contribution in [0.25, 0.3) is 0 Å². The second-order valence-corrected chi connectivity index (χ2v) is 12.5. The summed E-state index contributed by atoms with van der Waals surface area (Å²) >= 11 is 12.9. The first-order valence-corrected chi connectivity index (χ1v) is 14.4. The van der Waals surface area contributed by atoms with Crippen LogP contribution in [0.5, 0.6) is 0 Å². The summed E-state index contributed by atoms with van der Waals surface area (Å²) in [6.07, 6.45) is 0.261. The highest BCUT2D eigenvalue weighted by molar-refractivity contribution is 6.35. The van der Waals surface area contributed by atoms with Gasteiger partial charge in [0, 0.05) is 34.2 Å². The molecule has 2 atom stereocenters.